The first-order chi connectivity index (χ1) is 12.8. The number of anilines is 1. The summed E-state index contributed by atoms with van der Waals surface area (Å²) >= 11 is 0. The predicted molar refractivity (Wildman–Crippen MR) is 101 cm³/mol. The van der Waals surface area contributed by atoms with E-state index in [4.69, 9.17) is 4.42 Å². The Morgan fingerprint density at radius 1 is 1.00 bits per heavy atom. The second-order valence-corrected chi connectivity index (χ2v) is 6.46. The van der Waals surface area contributed by atoms with Crippen molar-refractivity contribution in [3.8, 4) is 23.1 Å². The van der Waals surface area contributed by atoms with Gasteiger partial charge in [0, 0.05) is 42.8 Å². The average Bonchev–Trinajstić information content (AvgIpc) is 3.23. The number of benzene rings is 1. The fourth-order valence-corrected chi connectivity index (χ4v) is 3.42. The maximum Gasteiger partial charge on any atom is 0.356 e. The highest BCUT2D eigenvalue weighted by Crippen LogP contribution is 2.28. The largest absolute Gasteiger partial charge is 0.422 e. The molecular formula is C21H19N3O2. The van der Waals surface area contributed by atoms with E-state index in [1.165, 1.54) is 6.42 Å². The Balaban J connectivity index is 1.73. The van der Waals surface area contributed by atoms with Gasteiger partial charge in [0.05, 0.1) is 5.69 Å². The summed E-state index contributed by atoms with van der Waals surface area (Å²) in [5, 5.41) is 9.39. The molecule has 4 rings (SSSR count). The summed E-state index contributed by atoms with van der Waals surface area (Å²) in [6.07, 6.45) is 7.29. The van der Waals surface area contributed by atoms with Crippen LogP contribution in [0.4, 0.5) is 5.69 Å². The number of piperidine rings is 1. The number of nitrogens with zero attached hydrogens (tertiary/aromatic N) is 3. The van der Waals surface area contributed by atoms with Crippen molar-refractivity contribution in [3.63, 3.8) is 0 Å². The third kappa shape index (κ3) is 3.02. The van der Waals surface area contributed by atoms with Crippen LogP contribution >= 0.6 is 0 Å². The van der Waals surface area contributed by atoms with Gasteiger partial charge in [0.15, 0.2) is 5.56 Å². The number of nitriles is 1. The standard InChI is InChI=1S/C21H19N3O2/c22-15-18-19(24-12-2-1-3-13-24)14-20(26-21(18)25)16-6-8-17(9-7-16)23-10-4-5-11-23/h4-11,14H,1-3,12-13H2. The van der Waals surface area contributed by atoms with Crippen LogP contribution in [-0.2, 0) is 0 Å². The minimum Gasteiger partial charge on any atom is -0.422 e. The number of rotatable bonds is 3. The molecule has 2 aromatic heterocycles. The van der Waals surface area contributed by atoms with E-state index in [-0.39, 0.29) is 5.56 Å². The molecule has 0 spiro atoms. The molecule has 0 bridgehead atoms. The van der Waals surface area contributed by atoms with E-state index in [0.29, 0.717) is 11.4 Å². The van der Waals surface area contributed by atoms with Crippen molar-refractivity contribution in [2.24, 2.45) is 0 Å². The van der Waals surface area contributed by atoms with E-state index in [0.717, 1.165) is 37.2 Å². The van der Waals surface area contributed by atoms with E-state index < -0.39 is 5.63 Å². The van der Waals surface area contributed by atoms with Gasteiger partial charge in [0.1, 0.15) is 11.8 Å². The molecule has 1 fully saturated rings. The molecule has 0 N–H and O–H groups in total. The molecule has 1 aliphatic rings. The second kappa shape index (κ2) is 6.93. The molecule has 0 aliphatic carbocycles. The lowest BCUT2D eigenvalue weighted by atomic mass is 10.1. The molecule has 0 amide bonds. The summed E-state index contributed by atoms with van der Waals surface area (Å²) in [5.74, 6) is 0.494. The molecule has 5 heteroatoms. The Bertz CT molecular complexity index is 989. The summed E-state index contributed by atoms with van der Waals surface area (Å²) < 4.78 is 7.45. The van der Waals surface area contributed by atoms with E-state index >= 15 is 0 Å². The highest BCUT2D eigenvalue weighted by Gasteiger charge is 2.20. The molecule has 0 unspecified atom stereocenters. The molecule has 3 heterocycles. The Kier molecular flexibility index (Phi) is 4.32. The molecular weight excluding hydrogens is 326 g/mol. The van der Waals surface area contributed by atoms with Crippen molar-refractivity contribution in [2.45, 2.75) is 19.3 Å². The summed E-state index contributed by atoms with van der Waals surface area (Å²) in [6.45, 7) is 1.73. The molecule has 0 saturated carbocycles. The monoisotopic (exact) mass is 345 g/mol. The fraction of sp³-hybridized carbons (Fsp3) is 0.238. The number of hydrogen-bond acceptors (Lipinski definition) is 4. The second-order valence-electron chi connectivity index (χ2n) is 6.46. The molecule has 130 valence electrons. The number of aromatic nitrogens is 1. The van der Waals surface area contributed by atoms with E-state index in [1.807, 2.05) is 65.5 Å². The third-order valence-corrected chi connectivity index (χ3v) is 4.79. The molecule has 0 radical (unpaired) electrons. The number of hydrogen-bond donors (Lipinski definition) is 0. The summed E-state index contributed by atoms with van der Waals surface area (Å²) in [5.41, 5.74) is 2.07. The van der Waals surface area contributed by atoms with Crippen molar-refractivity contribution in [1.29, 1.82) is 5.26 Å². The van der Waals surface area contributed by atoms with Crippen LogP contribution in [0.3, 0.4) is 0 Å². The van der Waals surface area contributed by atoms with Gasteiger partial charge in [0.25, 0.3) is 0 Å². The Morgan fingerprint density at radius 2 is 1.69 bits per heavy atom. The van der Waals surface area contributed by atoms with Crippen molar-refractivity contribution >= 4 is 5.69 Å². The SMILES string of the molecule is N#Cc1c(N2CCCCC2)cc(-c2ccc(-n3cccc3)cc2)oc1=O. The highest BCUT2D eigenvalue weighted by atomic mass is 16.4. The zero-order valence-corrected chi connectivity index (χ0v) is 14.4. The van der Waals surface area contributed by atoms with E-state index in [9.17, 15) is 10.1 Å². The van der Waals surface area contributed by atoms with Gasteiger partial charge in [0.2, 0.25) is 0 Å². The minimum absolute atomic E-state index is 0.0969. The third-order valence-electron chi connectivity index (χ3n) is 4.79. The van der Waals surface area contributed by atoms with Crippen molar-refractivity contribution in [1.82, 2.24) is 4.57 Å². The lowest BCUT2D eigenvalue weighted by Gasteiger charge is -2.29. The maximum absolute atomic E-state index is 12.3. The van der Waals surface area contributed by atoms with Gasteiger partial charge >= 0.3 is 5.63 Å². The first kappa shape index (κ1) is 16.2. The Morgan fingerprint density at radius 3 is 2.35 bits per heavy atom. The molecule has 1 saturated heterocycles. The van der Waals surface area contributed by atoms with Crippen LogP contribution in [0.1, 0.15) is 24.8 Å². The van der Waals surface area contributed by atoms with Crippen molar-refractivity contribution in [3.05, 3.63) is 70.8 Å². The van der Waals surface area contributed by atoms with Crippen LogP contribution in [0.25, 0.3) is 17.0 Å². The minimum atomic E-state index is -0.569. The lowest BCUT2D eigenvalue weighted by molar-refractivity contribution is 0.519. The normalized spacial score (nSPS) is 14.2. The summed E-state index contributed by atoms with van der Waals surface area (Å²) in [6, 6.07) is 15.6. The zero-order valence-electron chi connectivity index (χ0n) is 14.4. The van der Waals surface area contributed by atoms with Crippen molar-refractivity contribution < 1.29 is 4.42 Å². The van der Waals surface area contributed by atoms with E-state index in [1.54, 1.807) is 0 Å². The van der Waals surface area contributed by atoms with Gasteiger partial charge in [-0.15, -0.1) is 0 Å². The predicted octanol–water partition coefficient (Wildman–Crippen LogP) is 3.96. The van der Waals surface area contributed by atoms with Crippen LogP contribution < -0.4 is 10.5 Å². The highest BCUT2D eigenvalue weighted by molar-refractivity contribution is 5.68. The van der Waals surface area contributed by atoms with Gasteiger partial charge in [-0.25, -0.2) is 4.79 Å². The molecule has 1 aromatic carbocycles. The molecule has 1 aliphatic heterocycles. The smallest absolute Gasteiger partial charge is 0.356 e. The van der Waals surface area contributed by atoms with Crippen LogP contribution in [0, 0.1) is 11.3 Å². The first-order valence-corrected chi connectivity index (χ1v) is 8.83. The lowest BCUT2D eigenvalue weighted by Crippen LogP contribution is -2.31. The summed E-state index contributed by atoms with van der Waals surface area (Å²) in [4.78, 5) is 14.5. The van der Waals surface area contributed by atoms with Gasteiger partial charge in [-0.2, -0.15) is 5.26 Å². The molecule has 0 atom stereocenters. The van der Waals surface area contributed by atoms with Gasteiger partial charge in [-0.3, -0.25) is 0 Å². The molecule has 3 aromatic rings. The van der Waals surface area contributed by atoms with Crippen LogP contribution in [-0.4, -0.2) is 17.7 Å². The molecule has 5 nitrogen and oxygen atoms in total. The fourth-order valence-electron chi connectivity index (χ4n) is 3.42. The van der Waals surface area contributed by atoms with Gasteiger partial charge in [-0.1, -0.05) is 0 Å². The van der Waals surface area contributed by atoms with Crippen LogP contribution in [0.5, 0.6) is 0 Å². The topological polar surface area (TPSA) is 62.2 Å². The quantitative estimate of drug-likeness (QED) is 0.721. The van der Waals surface area contributed by atoms with Gasteiger partial charge in [-0.05, 0) is 55.7 Å². The Hall–Kier alpha value is -3.26. The van der Waals surface area contributed by atoms with Crippen LogP contribution in [0.15, 0.2) is 64.1 Å². The first-order valence-electron chi connectivity index (χ1n) is 8.83. The Labute approximate surface area is 151 Å². The van der Waals surface area contributed by atoms with Crippen molar-refractivity contribution in [2.75, 3.05) is 18.0 Å². The summed E-state index contributed by atoms with van der Waals surface area (Å²) in [7, 11) is 0. The van der Waals surface area contributed by atoms with Gasteiger partial charge < -0.3 is 13.9 Å². The van der Waals surface area contributed by atoms with E-state index in [2.05, 4.69) is 4.90 Å². The van der Waals surface area contributed by atoms with Crippen LogP contribution in [0.2, 0.25) is 0 Å². The molecule has 26 heavy (non-hydrogen) atoms. The maximum atomic E-state index is 12.3. The zero-order chi connectivity index (χ0) is 17.9. The average molecular weight is 345 g/mol.